The van der Waals surface area contributed by atoms with Gasteiger partial charge in [0.1, 0.15) is 0 Å². The van der Waals surface area contributed by atoms with E-state index < -0.39 is 0 Å². The second-order valence-corrected chi connectivity index (χ2v) is 7.68. The van der Waals surface area contributed by atoms with Gasteiger partial charge in [0, 0.05) is 5.25 Å². The highest BCUT2D eigenvalue weighted by atomic mass is 32.2. The number of hydrogen-bond acceptors (Lipinski definition) is 4. The van der Waals surface area contributed by atoms with E-state index in [2.05, 4.69) is 25.8 Å². The van der Waals surface area contributed by atoms with Gasteiger partial charge in [-0.15, -0.1) is 11.8 Å². The van der Waals surface area contributed by atoms with Crippen LogP contribution in [0.4, 0.5) is 5.13 Å². The van der Waals surface area contributed by atoms with Gasteiger partial charge < -0.3 is 5.73 Å². The maximum Gasteiger partial charge on any atom is 0.181 e. The van der Waals surface area contributed by atoms with Gasteiger partial charge in [0.25, 0.3) is 0 Å². The van der Waals surface area contributed by atoms with E-state index >= 15 is 0 Å². The predicted octanol–water partition coefficient (Wildman–Crippen LogP) is 3.95. The lowest BCUT2D eigenvalue weighted by Crippen LogP contribution is -2.21. The molecule has 1 aromatic heterocycles. The molecule has 0 aromatic carbocycles. The minimum atomic E-state index is 0.705. The first-order chi connectivity index (χ1) is 7.54. The zero-order valence-electron chi connectivity index (χ0n) is 10.2. The molecule has 1 fully saturated rings. The molecule has 2 nitrogen and oxygen atoms in total. The highest BCUT2D eigenvalue weighted by Gasteiger charge is 2.25. The molecular weight excluding hydrogens is 236 g/mol. The van der Waals surface area contributed by atoms with Crippen LogP contribution in [0.1, 0.15) is 38.8 Å². The molecule has 16 heavy (non-hydrogen) atoms. The molecule has 90 valence electrons. The molecule has 1 aliphatic rings. The van der Waals surface area contributed by atoms with Gasteiger partial charge in [-0.2, -0.15) is 0 Å². The van der Waals surface area contributed by atoms with Crippen molar-refractivity contribution in [1.82, 2.24) is 4.98 Å². The van der Waals surface area contributed by atoms with Gasteiger partial charge >= 0.3 is 0 Å². The summed E-state index contributed by atoms with van der Waals surface area (Å²) in [5.41, 5.74) is 6.84. The van der Waals surface area contributed by atoms with Crippen molar-refractivity contribution < 1.29 is 0 Å². The van der Waals surface area contributed by atoms with E-state index in [9.17, 15) is 0 Å². The molecule has 0 bridgehead atoms. The number of thioether (sulfide) groups is 1. The van der Waals surface area contributed by atoms with Crippen LogP contribution in [0, 0.1) is 18.8 Å². The van der Waals surface area contributed by atoms with Crippen LogP contribution in [0.2, 0.25) is 0 Å². The van der Waals surface area contributed by atoms with Crippen molar-refractivity contribution in [3.63, 3.8) is 0 Å². The second-order valence-electron chi connectivity index (χ2n) is 5.08. The van der Waals surface area contributed by atoms with E-state index in [1.165, 1.54) is 23.5 Å². The van der Waals surface area contributed by atoms with Gasteiger partial charge in [-0.05, 0) is 38.0 Å². The molecule has 2 unspecified atom stereocenters. The average Bonchev–Trinajstić information content (AvgIpc) is 2.43. The molecule has 4 heteroatoms. The molecule has 1 aliphatic carbocycles. The number of anilines is 1. The Morgan fingerprint density at radius 3 is 2.38 bits per heavy atom. The third kappa shape index (κ3) is 2.92. The summed E-state index contributed by atoms with van der Waals surface area (Å²) < 4.78 is 1.32. The molecule has 0 saturated heterocycles. The minimum Gasteiger partial charge on any atom is -0.375 e. The van der Waals surface area contributed by atoms with Crippen LogP contribution in [0.5, 0.6) is 0 Å². The summed E-state index contributed by atoms with van der Waals surface area (Å²) in [6.45, 7) is 6.80. The van der Waals surface area contributed by atoms with Gasteiger partial charge in [-0.25, -0.2) is 4.98 Å². The Hall–Kier alpha value is -0.220. The summed E-state index contributed by atoms with van der Waals surface area (Å²) in [4.78, 5) is 4.29. The number of nitrogens with two attached hydrogens (primary N) is 1. The first-order valence-corrected chi connectivity index (χ1v) is 7.63. The van der Waals surface area contributed by atoms with E-state index in [0.717, 1.165) is 22.8 Å². The molecular formula is C12H20N2S2. The maximum atomic E-state index is 5.73. The van der Waals surface area contributed by atoms with E-state index in [1.54, 1.807) is 11.3 Å². The van der Waals surface area contributed by atoms with Crippen molar-refractivity contribution in [1.29, 1.82) is 0 Å². The van der Waals surface area contributed by atoms with Crippen molar-refractivity contribution in [2.45, 2.75) is 49.5 Å². The number of nitrogens with zero attached hydrogens (tertiary/aromatic N) is 1. The van der Waals surface area contributed by atoms with Crippen LogP contribution in [0.15, 0.2) is 4.21 Å². The quantitative estimate of drug-likeness (QED) is 0.870. The summed E-state index contributed by atoms with van der Waals surface area (Å²) in [6, 6.07) is 0. The molecule has 0 radical (unpaired) electrons. The molecule has 1 aromatic rings. The smallest absolute Gasteiger partial charge is 0.181 e. The zero-order chi connectivity index (χ0) is 11.7. The number of rotatable bonds is 2. The van der Waals surface area contributed by atoms with Crippen molar-refractivity contribution in [2.75, 3.05) is 5.73 Å². The van der Waals surface area contributed by atoms with Gasteiger partial charge in [-0.1, -0.05) is 25.2 Å². The topological polar surface area (TPSA) is 38.9 Å². The first kappa shape index (κ1) is 12.2. The van der Waals surface area contributed by atoms with Crippen molar-refractivity contribution >= 4 is 28.2 Å². The Labute approximate surface area is 106 Å². The van der Waals surface area contributed by atoms with Crippen molar-refractivity contribution in [3.05, 3.63) is 5.69 Å². The molecule has 1 heterocycles. The first-order valence-electron chi connectivity index (χ1n) is 5.94. The van der Waals surface area contributed by atoms with E-state index in [-0.39, 0.29) is 0 Å². The van der Waals surface area contributed by atoms with Crippen molar-refractivity contribution in [3.8, 4) is 0 Å². The van der Waals surface area contributed by atoms with Gasteiger partial charge in [0.15, 0.2) is 5.13 Å². The zero-order valence-corrected chi connectivity index (χ0v) is 11.8. The minimum absolute atomic E-state index is 0.705. The summed E-state index contributed by atoms with van der Waals surface area (Å²) in [5.74, 6) is 1.73. The standard InChI is InChI=1S/C12H20N2S2/c1-7-4-8(2)6-10(5-7)15-11-9(3)14-12(13)16-11/h7-8,10H,4-6H2,1-3H3,(H2,13,14). The number of aromatic nitrogens is 1. The third-order valence-corrected chi connectivity index (χ3v) is 5.73. The second kappa shape index (κ2) is 4.96. The Bertz CT molecular complexity index is 352. The Morgan fingerprint density at radius 2 is 1.88 bits per heavy atom. The fraction of sp³-hybridized carbons (Fsp3) is 0.750. The average molecular weight is 256 g/mol. The normalized spacial score (nSPS) is 30.6. The number of hydrogen-bond donors (Lipinski definition) is 1. The van der Waals surface area contributed by atoms with Gasteiger partial charge in [0.05, 0.1) is 9.90 Å². The summed E-state index contributed by atoms with van der Waals surface area (Å²) in [7, 11) is 0. The lowest BCUT2D eigenvalue weighted by molar-refractivity contribution is 0.309. The Kier molecular flexibility index (Phi) is 3.80. The third-order valence-electron chi connectivity index (χ3n) is 3.18. The van der Waals surface area contributed by atoms with Crippen LogP contribution < -0.4 is 5.73 Å². The van der Waals surface area contributed by atoms with Gasteiger partial charge in [0.2, 0.25) is 0 Å². The molecule has 2 atom stereocenters. The summed E-state index contributed by atoms with van der Waals surface area (Å²) in [5, 5.41) is 1.47. The van der Waals surface area contributed by atoms with Gasteiger partial charge in [-0.3, -0.25) is 0 Å². The highest BCUT2D eigenvalue weighted by Crippen LogP contribution is 2.41. The molecule has 1 saturated carbocycles. The molecule has 0 amide bonds. The van der Waals surface area contributed by atoms with E-state index in [1.807, 2.05) is 11.8 Å². The van der Waals surface area contributed by atoms with E-state index in [4.69, 9.17) is 5.73 Å². The van der Waals surface area contributed by atoms with Crippen LogP contribution in [-0.2, 0) is 0 Å². The van der Waals surface area contributed by atoms with Crippen LogP contribution >= 0.6 is 23.1 Å². The highest BCUT2D eigenvalue weighted by molar-refractivity contribution is 8.01. The summed E-state index contributed by atoms with van der Waals surface area (Å²) in [6.07, 6.45) is 4.07. The van der Waals surface area contributed by atoms with Crippen LogP contribution in [0.25, 0.3) is 0 Å². The van der Waals surface area contributed by atoms with Crippen molar-refractivity contribution in [2.24, 2.45) is 11.8 Å². The van der Waals surface area contributed by atoms with Crippen LogP contribution in [-0.4, -0.2) is 10.2 Å². The lowest BCUT2D eigenvalue weighted by Gasteiger charge is -2.30. The SMILES string of the molecule is Cc1nc(N)sc1SC1CC(C)CC(C)C1. The predicted molar refractivity (Wildman–Crippen MR) is 73.1 cm³/mol. The van der Waals surface area contributed by atoms with E-state index in [0.29, 0.717) is 5.13 Å². The molecule has 0 spiro atoms. The monoisotopic (exact) mass is 256 g/mol. The Balaban J connectivity index is 2.01. The maximum absolute atomic E-state index is 5.73. The lowest BCUT2D eigenvalue weighted by atomic mass is 9.83. The number of thiazole rings is 1. The van der Waals surface area contributed by atoms with Crippen LogP contribution in [0.3, 0.4) is 0 Å². The molecule has 0 aliphatic heterocycles. The fourth-order valence-electron chi connectivity index (χ4n) is 2.63. The Morgan fingerprint density at radius 1 is 1.25 bits per heavy atom. The summed E-state index contributed by atoms with van der Waals surface area (Å²) >= 11 is 3.64. The molecule has 2 rings (SSSR count). The number of nitrogen functional groups attached to an aromatic ring is 1. The fourth-order valence-corrected chi connectivity index (χ4v) is 5.42. The largest absolute Gasteiger partial charge is 0.375 e. The number of aryl methyl sites for hydroxylation is 1. The molecule has 2 N–H and O–H groups in total.